The van der Waals surface area contributed by atoms with E-state index in [0.717, 1.165) is 44.2 Å². The Balaban J connectivity index is 2.21. The van der Waals surface area contributed by atoms with Gasteiger partial charge in [-0.25, -0.2) is 4.98 Å². The van der Waals surface area contributed by atoms with Crippen LogP contribution in [-0.4, -0.2) is 34.3 Å². The lowest BCUT2D eigenvalue weighted by atomic mass is 9.73. The predicted molar refractivity (Wildman–Crippen MR) is 86.4 cm³/mol. The second-order valence-electron chi connectivity index (χ2n) is 6.47. The molecule has 3 unspecified atom stereocenters. The molecule has 1 aliphatic carbocycles. The summed E-state index contributed by atoms with van der Waals surface area (Å²) < 4.78 is 8.47. The van der Waals surface area contributed by atoms with Gasteiger partial charge in [-0.05, 0) is 32.2 Å². The van der Waals surface area contributed by atoms with Crippen molar-refractivity contribution in [1.82, 2.24) is 14.9 Å². The van der Waals surface area contributed by atoms with Crippen LogP contribution in [0, 0.1) is 5.92 Å². The molecule has 2 rings (SSSR count). The second kappa shape index (κ2) is 7.41. The number of hydrogen-bond donors (Lipinski definition) is 1. The minimum atomic E-state index is -0.0334. The number of nitrogens with zero attached hydrogens (tertiary/aromatic N) is 2. The number of imidazole rings is 1. The van der Waals surface area contributed by atoms with Gasteiger partial charge in [0.05, 0.1) is 5.60 Å². The van der Waals surface area contributed by atoms with E-state index in [1.54, 1.807) is 0 Å². The highest BCUT2D eigenvalue weighted by molar-refractivity contribution is 5.04. The standard InChI is InChI=1S/C17H31N3O/c1-5-18-15(12-16-19-10-11-20(16)4)17(21-6-2)9-7-8-14(3)13-17/h10-11,14-15,18H,5-9,12-13H2,1-4H3. The van der Waals surface area contributed by atoms with E-state index in [2.05, 4.69) is 42.7 Å². The van der Waals surface area contributed by atoms with Crippen LogP contribution in [0.3, 0.4) is 0 Å². The lowest BCUT2D eigenvalue weighted by molar-refractivity contribution is -0.100. The molecule has 0 bridgehead atoms. The minimum Gasteiger partial charge on any atom is -0.374 e. The van der Waals surface area contributed by atoms with E-state index in [-0.39, 0.29) is 5.60 Å². The molecule has 120 valence electrons. The quantitative estimate of drug-likeness (QED) is 0.840. The first kappa shape index (κ1) is 16.5. The van der Waals surface area contributed by atoms with Gasteiger partial charge in [-0.15, -0.1) is 0 Å². The van der Waals surface area contributed by atoms with Crippen molar-refractivity contribution in [1.29, 1.82) is 0 Å². The summed E-state index contributed by atoms with van der Waals surface area (Å²) in [7, 11) is 2.07. The smallest absolute Gasteiger partial charge is 0.110 e. The van der Waals surface area contributed by atoms with Gasteiger partial charge in [0.25, 0.3) is 0 Å². The molecule has 1 saturated carbocycles. The molecule has 1 aromatic heterocycles. The zero-order chi connectivity index (χ0) is 15.3. The average molecular weight is 293 g/mol. The predicted octanol–water partition coefficient (Wildman–Crippen LogP) is 2.93. The Morgan fingerprint density at radius 1 is 1.52 bits per heavy atom. The van der Waals surface area contributed by atoms with Crippen LogP contribution in [0.25, 0.3) is 0 Å². The number of likely N-dealkylation sites (N-methyl/N-ethyl adjacent to an activating group) is 1. The molecule has 1 N–H and O–H groups in total. The summed E-state index contributed by atoms with van der Waals surface area (Å²) in [5, 5.41) is 3.69. The molecule has 1 heterocycles. The third-order valence-electron chi connectivity index (χ3n) is 4.82. The number of aryl methyl sites for hydroxylation is 1. The topological polar surface area (TPSA) is 39.1 Å². The van der Waals surface area contributed by atoms with Gasteiger partial charge in [-0.1, -0.05) is 26.7 Å². The Hall–Kier alpha value is -0.870. The summed E-state index contributed by atoms with van der Waals surface area (Å²) in [5.41, 5.74) is -0.0334. The zero-order valence-corrected chi connectivity index (χ0v) is 14.1. The Morgan fingerprint density at radius 3 is 2.90 bits per heavy atom. The molecule has 4 heteroatoms. The summed E-state index contributed by atoms with van der Waals surface area (Å²) in [6.07, 6.45) is 9.75. The van der Waals surface area contributed by atoms with Gasteiger partial charge in [0.2, 0.25) is 0 Å². The van der Waals surface area contributed by atoms with Crippen molar-refractivity contribution in [3.05, 3.63) is 18.2 Å². The Morgan fingerprint density at radius 2 is 2.33 bits per heavy atom. The molecule has 21 heavy (non-hydrogen) atoms. The van der Waals surface area contributed by atoms with Gasteiger partial charge < -0.3 is 14.6 Å². The van der Waals surface area contributed by atoms with Gasteiger partial charge in [-0.2, -0.15) is 0 Å². The van der Waals surface area contributed by atoms with Crippen molar-refractivity contribution in [3.63, 3.8) is 0 Å². The molecular formula is C17H31N3O. The highest BCUT2D eigenvalue weighted by atomic mass is 16.5. The lowest BCUT2D eigenvalue weighted by Gasteiger charge is -2.45. The molecule has 4 nitrogen and oxygen atoms in total. The number of ether oxygens (including phenoxy) is 1. The molecule has 0 radical (unpaired) electrons. The summed E-state index contributed by atoms with van der Waals surface area (Å²) in [5.74, 6) is 1.88. The van der Waals surface area contributed by atoms with Gasteiger partial charge in [0, 0.05) is 38.5 Å². The first-order valence-electron chi connectivity index (χ1n) is 8.44. The van der Waals surface area contributed by atoms with E-state index in [9.17, 15) is 0 Å². The molecule has 3 atom stereocenters. The van der Waals surface area contributed by atoms with Gasteiger partial charge in [0.1, 0.15) is 5.82 Å². The maximum atomic E-state index is 6.34. The zero-order valence-electron chi connectivity index (χ0n) is 14.1. The SMILES string of the molecule is CCNC(Cc1nccn1C)C1(OCC)CCCC(C)C1. The van der Waals surface area contributed by atoms with Crippen molar-refractivity contribution in [2.45, 2.75) is 64.5 Å². The van der Waals surface area contributed by atoms with Crippen LogP contribution in [0.5, 0.6) is 0 Å². The van der Waals surface area contributed by atoms with Gasteiger partial charge in [-0.3, -0.25) is 0 Å². The van der Waals surface area contributed by atoms with Crippen LogP contribution in [-0.2, 0) is 18.2 Å². The first-order valence-corrected chi connectivity index (χ1v) is 8.44. The summed E-state index contributed by atoms with van der Waals surface area (Å²) in [6.45, 7) is 8.41. The third-order valence-corrected chi connectivity index (χ3v) is 4.82. The Kier molecular flexibility index (Phi) is 5.82. The molecule has 0 saturated heterocycles. The van der Waals surface area contributed by atoms with E-state index in [0.29, 0.717) is 6.04 Å². The van der Waals surface area contributed by atoms with E-state index < -0.39 is 0 Å². The summed E-state index contributed by atoms with van der Waals surface area (Å²) >= 11 is 0. The van der Waals surface area contributed by atoms with Gasteiger partial charge in [0.15, 0.2) is 0 Å². The Labute approximate surface area is 129 Å². The van der Waals surface area contributed by atoms with Crippen molar-refractivity contribution < 1.29 is 4.74 Å². The van der Waals surface area contributed by atoms with Crippen LogP contribution in [0.1, 0.15) is 52.3 Å². The highest BCUT2D eigenvalue weighted by Gasteiger charge is 2.42. The third kappa shape index (κ3) is 3.86. The fraction of sp³-hybridized carbons (Fsp3) is 0.824. The molecule has 1 aromatic rings. The second-order valence-corrected chi connectivity index (χ2v) is 6.47. The summed E-state index contributed by atoms with van der Waals surface area (Å²) in [4.78, 5) is 4.51. The minimum absolute atomic E-state index is 0.0334. The highest BCUT2D eigenvalue weighted by Crippen LogP contribution is 2.38. The van der Waals surface area contributed by atoms with Crippen LogP contribution in [0.15, 0.2) is 12.4 Å². The van der Waals surface area contributed by atoms with E-state index in [1.807, 2.05) is 12.4 Å². The molecule has 1 fully saturated rings. The average Bonchev–Trinajstić information content (AvgIpc) is 2.84. The van der Waals surface area contributed by atoms with Crippen molar-refractivity contribution in [3.8, 4) is 0 Å². The maximum absolute atomic E-state index is 6.34. The first-order chi connectivity index (χ1) is 10.1. The number of hydrogen-bond acceptors (Lipinski definition) is 3. The lowest BCUT2D eigenvalue weighted by Crippen LogP contribution is -2.56. The largest absolute Gasteiger partial charge is 0.374 e. The number of aromatic nitrogens is 2. The van der Waals surface area contributed by atoms with Gasteiger partial charge >= 0.3 is 0 Å². The fourth-order valence-corrected chi connectivity index (χ4v) is 3.85. The number of nitrogens with one attached hydrogen (secondary N) is 1. The molecule has 0 aromatic carbocycles. The van der Waals surface area contributed by atoms with E-state index in [1.165, 1.54) is 12.8 Å². The maximum Gasteiger partial charge on any atom is 0.110 e. The monoisotopic (exact) mass is 293 g/mol. The molecule has 0 amide bonds. The Bertz CT molecular complexity index is 427. The van der Waals surface area contributed by atoms with E-state index >= 15 is 0 Å². The molecule has 1 aliphatic rings. The van der Waals surface area contributed by atoms with Crippen LogP contribution >= 0.6 is 0 Å². The van der Waals surface area contributed by atoms with Crippen LogP contribution in [0.4, 0.5) is 0 Å². The van der Waals surface area contributed by atoms with E-state index in [4.69, 9.17) is 4.74 Å². The summed E-state index contributed by atoms with van der Waals surface area (Å²) in [6, 6.07) is 0.339. The number of rotatable bonds is 7. The van der Waals surface area contributed by atoms with Crippen molar-refractivity contribution in [2.24, 2.45) is 13.0 Å². The van der Waals surface area contributed by atoms with Crippen molar-refractivity contribution >= 4 is 0 Å². The van der Waals surface area contributed by atoms with Crippen LogP contribution in [0.2, 0.25) is 0 Å². The van der Waals surface area contributed by atoms with Crippen molar-refractivity contribution in [2.75, 3.05) is 13.2 Å². The fourth-order valence-electron chi connectivity index (χ4n) is 3.85. The molecule has 0 spiro atoms. The normalized spacial score (nSPS) is 27.7. The molecule has 0 aliphatic heterocycles. The molecular weight excluding hydrogens is 262 g/mol. The van der Waals surface area contributed by atoms with Crippen LogP contribution < -0.4 is 5.32 Å².